The monoisotopic (exact) mass is 220 g/mol. The number of esters is 1. The first-order valence-corrected chi connectivity index (χ1v) is 5.92. The molecule has 1 rings (SSSR count). The van der Waals surface area contributed by atoms with Crippen LogP contribution in [0.3, 0.4) is 0 Å². The van der Waals surface area contributed by atoms with Gasteiger partial charge in [0.2, 0.25) is 0 Å². The van der Waals surface area contributed by atoms with Crippen LogP contribution in [0.1, 0.15) is 43.7 Å². The van der Waals surface area contributed by atoms with Crippen LogP contribution in [-0.4, -0.2) is 5.97 Å². The summed E-state index contributed by atoms with van der Waals surface area (Å²) in [5.41, 5.74) is 2.20. The van der Waals surface area contributed by atoms with Crippen molar-refractivity contribution in [1.29, 1.82) is 0 Å². The molecule has 0 aliphatic carbocycles. The first-order chi connectivity index (χ1) is 7.65. The second-order valence-electron chi connectivity index (χ2n) is 4.13. The zero-order chi connectivity index (χ0) is 12.0. The summed E-state index contributed by atoms with van der Waals surface area (Å²) in [6.07, 6.45) is 3.64. The highest BCUT2D eigenvalue weighted by molar-refractivity contribution is 5.72. The van der Waals surface area contributed by atoms with E-state index in [1.165, 1.54) is 0 Å². The maximum Gasteiger partial charge on any atom is 0.311 e. The zero-order valence-corrected chi connectivity index (χ0v) is 10.4. The molecule has 0 unspecified atom stereocenters. The molecule has 0 heterocycles. The van der Waals surface area contributed by atoms with Gasteiger partial charge in [0.25, 0.3) is 0 Å². The minimum absolute atomic E-state index is 0.123. The second kappa shape index (κ2) is 6.31. The molecule has 0 bridgehead atoms. The predicted molar refractivity (Wildman–Crippen MR) is 65.7 cm³/mol. The van der Waals surface area contributed by atoms with Gasteiger partial charge in [0, 0.05) is 6.42 Å². The maximum atomic E-state index is 11.5. The molecule has 16 heavy (non-hydrogen) atoms. The van der Waals surface area contributed by atoms with Crippen LogP contribution in [0.5, 0.6) is 5.75 Å². The molecule has 0 amide bonds. The third-order valence-electron chi connectivity index (χ3n) is 2.76. The van der Waals surface area contributed by atoms with Gasteiger partial charge in [-0.2, -0.15) is 0 Å². The Morgan fingerprint density at radius 2 is 2.00 bits per heavy atom. The molecule has 88 valence electrons. The van der Waals surface area contributed by atoms with Gasteiger partial charge in [-0.25, -0.2) is 0 Å². The summed E-state index contributed by atoms with van der Waals surface area (Å²) in [6, 6.07) is 5.78. The van der Waals surface area contributed by atoms with Crippen molar-refractivity contribution in [2.45, 2.75) is 46.5 Å². The van der Waals surface area contributed by atoms with Crippen molar-refractivity contribution < 1.29 is 9.53 Å². The number of hydrogen-bond acceptors (Lipinski definition) is 2. The van der Waals surface area contributed by atoms with Gasteiger partial charge in [0.1, 0.15) is 5.75 Å². The number of benzene rings is 1. The van der Waals surface area contributed by atoms with E-state index in [-0.39, 0.29) is 5.97 Å². The van der Waals surface area contributed by atoms with E-state index in [0.29, 0.717) is 12.2 Å². The van der Waals surface area contributed by atoms with E-state index in [1.54, 1.807) is 0 Å². The Morgan fingerprint density at radius 3 is 2.69 bits per heavy atom. The van der Waals surface area contributed by atoms with Crippen LogP contribution in [0.2, 0.25) is 0 Å². The highest BCUT2D eigenvalue weighted by Gasteiger charge is 2.07. The maximum absolute atomic E-state index is 11.5. The Kier molecular flexibility index (Phi) is 5.03. The molecule has 2 heteroatoms. The fraction of sp³-hybridized carbons (Fsp3) is 0.500. The first-order valence-electron chi connectivity index (χ1n) is 5.92. The fourth-order valence-corrected chi connectivity index (χ4v) is 1.53. The largest absolute Gasteiger partial charge is 0.426 e. The van der Waals surface area contributed by atoms with Crippen LogP contribution in [0, 0.1) is 13.8 Å². The Morgan fingerprint density at radius 1 is 1.25 bits per heavy atom. The first kappa shape index (κ1) is 12.8. The van der Waals surface area contributed by atoms with Crippen molar-refractivity contribution in [1.82, 2.24) is 0 Å². The topological polar surface area (TPSA) is 26.3 Å². The molecule has 0 spiro atoms. The smallest absolute Gasteiger partial charge is 0.311 e. The molecule has 0 aromatic heterocycles. The lowest BCUT2D eigenvalue weighted by atomic mass is 10.1. The molecular weight excluding hydrogens is 200 g/mol. The molecule has 0 fully saturated rings. The molecule has 1 aromatic carbocycles. The highest BCUT2D eigenvalue weighted by atomic mass is 16.5. The van der Waals surface area contributed by atoms with Crippen LogP contribution in [0.15, 0.2) is 18.2 Å². The van der Waals surface area contributed by atoms with Crippen molar-refractivity contribution in [3.8, 4) is 5.75 Å². The van der Waals surface area contributed by atoms with E-state index in [2.05, 4.69) is 6.92 Å². The van der Waals surface area contributed by atoms with Crippen LogP contribution in [0.4, 0.5) is 0 Å². The molecule has 0 saturated carbocycles. The molecule has 0 aliphatic rings. The van der Waals surface area contributed by atoms with Gasteiger partial charge in [-0.05, 0) is 37.5 Å². The molecule has 0 radical (unpaired) electrons. The van der Waals surface area contributed by atoms with Crippen LogP contribution >= 0.6 is 0 Å². The Labute approximate surface area is 97.6 Å². The summed E-state index contributed by atoms with van der Waals surface area (Å²) in [6.45, 7) is 6.11. The molecule has 0 aliphatic heterocycles. The molecular formula is C14H20O2. The average Bonchev–Trinajstić information content (AvgIpc) is 2.25. The van der Waals surface area contributed by atoms with Crippen molar-refractivity contribution in [3.05, 3.63) is 29.3 Å². The third kappa shape index (κ3) is 3.69. The molecule has 0 N–H and O–H groups in total. The van der Waals surface area contributed by atoms with Gasteiger partial charge < -0.3 is 4.74 Å². The molecule has 0 saturated heterocycles. The number of carbonyl (C=O) groups excluding carboxylic acids is 1. The standard InChI is InChI=1S/C14H20O2/c1-4-5-6-10-14(15)16-13-9-7-8-11(2)12(13)3/h7-9H,4-6,10H2,1-3H3. The average molecular weight is 220 g/mol. The van der Waals surface area contributed by atoms with E-state index in [4.69, 9.17) is 4.74 Å². The van der Waals surface area contributed by atoms with Gasteiger partial charge in [0.15, 0.2) is 0 Å². The van der Waals surface area contributed by atoms with E-state index in [1.807, 2.05) is 32.0 Å². The summed E-state index contributed by atoms with van der Waals surface area (Å²) in [7, 11) is 0. The van der Waals surface area contributed by atoms with Crippen molar-refractivity contribution >= 4 is 5.97 Å². The summed E-state index contributed by atoms with van der Waals surface area (Å²) in [5.74, 6) is 0.573. The Hall–Kier alpha value is -1.31. The summed E-state index contributed by atoms with van der Waals surface area (Å²) >= 11 is 0. The molecule has 1 aromatic rings. The summed E-state index contributed by atoms with van der Waals surface area (Å²) in [5, 5.41) is 0. The predicted octanol–water partition coefficient (Wildman–Crippen LogP) is 3.79. The lowest BCUT2D eigenvalue weighted by molar-refractivity contribution is -0.134. The summed E-state index contributed by atoms with van der Waals surface area (Å²) < 4.78 is 5.33. The Bertz CT molecular complexity index is 356. The number of rotatable bonds is 5. The quantitative estimate of drug-likeness (QED) is 0.428. The molecule has 0 atom stereocenters. The third-order valence-corrected chi connectivity index (χ3v) is 2.76. The van der Waals surface area contributed by atoms with Crippen molar-refractivity contribution in [2.75, 3.05) is 0 Å². The minimum atomic E-state index is -0.123. The van der Waals surface area contributed by atoms with E-state index in [9.17, 15) is 4.79 Å². The summed E-state index contributed by atoms with van der Waals surface area (Å²) in [4.78, 5) is 11.5. The number of carbonyl (C=O) groups is 1. The highest BCUT2D eigenvalue weighted by Crippen LogP contribution is 2.21. The minimum Gasteiger partial charge on any atom is -0.426 e. The van der Waals surface area contributed by atoms with E-state index < -0.39 is 0 Å². The zero-order valence-electron chi connectivity index (χ0n) is 10.4. The van der Waals surface area contributed by atoms with E-state index >= 15 is 0 Å². The van der Waals surface area contributed by atoms with E-state index in [0.717, 1.165) is 30.4 Å². The normalized spacial score (nSPS) is 10.2. The van der Waals surface area contributed by atoms with Gasteiger partial charge in [-0.1, -0.05) is 31.9 Å². The van der Waals surface area contributed by atoms with Gasteiger partial charge in [0.05, 0.1) is 0 Å². The Balaban J connectivity index is 2.53. The lowest BCUT2D eigenvalue weighted by Crippen LogP contribution is -2.08. The number of ether oxygens (including phenoxy) is 1. The number of unbranched alkanes of at least 4 members (excludes halogenated alkanes) is 2. The van der Waals surface area contributed by atoms with Gasteiger partial charge >= 0.3 is 5.97 Å². The SMILES string of the molecule is CCCCCC(=O)Oc1cccc(C)c1C. The lowest BCUT2D eigenvalue weighted by Gasteiger charge is -2.08. The van der Waals surface area contributed by atoms with Crippen LogP contribution < -0.4 is 4.74 Å². The van der Waals surface area contributed by atoms with Crippen molar-refractivity contribution in [2.24, 2.45) is 0 Å². The van der Waals surface area contributed by atoms with Crippen molar-refractivity contribution in [3.63, 3.8) is 0 Å². The number of aryl methyl sites for hydroxylation is 1. The fourth-order valence-electron chi connectivity index (χ4n) is 1.53. The molecule has 2 nitrogen and oxygen atoms in total. The number of hydrogen-bond donors (Lipinski definition) is 0. The van der Waals surface area contributed by atoms with Crippen LogP contribution in [-0.2, 0) is 4.79 Å². The second-order valence-corrected chi connectivity index (χ2v) is 4.13. The van der Waals surface area contributed by atoms with Gasteiger partial charge in [-0.15, -0.1) is 0 Å². The van der Waals surface area contributed by atoms with Gasteiger partial charge in [-0.3, -0.25) is 4.79 Å². The van der Waals surface area contributed by atoms with Crippen LogP contribution in [0.25, 0.3) is 0 Å².